The van der Waals surface area contributed by atoms with Crippen LogP contribution in [0.2, 0.25) is 0 Å². The van der Waals surface area contributed by atoms with E-state index in [1.807, 2.05) is 33.8 Å². The van der Waals surface area contributed by atoms with Crippen LogP contribution in [0.3, 0.4) is 0 Å². The van der Waals surface area contributed by atoms with Gasteiger partial charge in [0.1, 0.15) is 0 Å². The predicted molar refractivity (Wildman–Crippen MR) is 62.6 cm³/mol. The van der Waals surface area contributed by atoms with E-state index in [1.165, 1.54) is 0 Å². The molecule has 0 aliphatic rings. The van der Waals surface area contributed by atoms with Gasteiger partial charge in [-0.2, -0.15) is 0 Å². The molecule has 88 valence electrons. The van der Waals surface area contributed by atoms with Gasteiger partial charge in [0.15, 0.2) is 0 Å². The van der Waals surface area contributed by atoms with E-state index in [9.17, 15) is 4.79 Å². The minimum Gasteiger partial charge on any atom is -0.396 e. The number of amides is 1. The van der Waals surface area contributed by atoms with E-state index in [4.69, 9.17) is 5.11 Å². The minimum absolute atomic E-state index is 0.0327. The Hall–Kier alpha value is -0.830. The lowest BCUT2D eigenvalue weighted by atomic mass is 9.94. The summed E-state index contributed by atoms with van der Waals surface area (Å²) >= 11 is 0. The molecule has 0 rings (SSSR count). The quantitative estimate of drug-likeness (QED) is 0.663. The summed E-state index contributed by atoms with van der Waals surface area (Å²) < 4.78 is 0. The van der Waals surface area contributed by atoms with E-state index in [0.29, 0.717) is 6.42 Å². The summed E-state index contributed by atoms with van der Waals surface area (Å²) in [5.41, 5.74) is 0.449. The fourth-order valence-electron chi connectivity index (χ4n) is 1.35. The largest absolute Gasteiger partial charge is 0.396 e. The molecule has 0 aromatic rings. The molecule has 0 spiro atoms. The van der Waals surface area contributed by atoms with Crippen LogP contribution in [0, 0.1) is 0 Å². The molecule has 0 aliphatic carbocycles. The number of aliphatic hydroxyl groups excluding tert-OH is 1. The predicted octanol–water partition coefficient (Wildman–Crippen LogP) is 2.01. The van der Waals surface area contributed by atoms with Gasteiger partial charge in [0, 0.05) is 17.7 Å². The molecule has 0 heterocycles. The van der Waals surface area contributed by atoms with E-state index in [0.717, 1.165) is 18.4 Å². The fourth-order valence-corrected chi connectivity index (χ4v) is 1.35. The van der Waals surface area contributed by atoms with Crippen molar-refractivity contribution >= 4 is 5.91 Å². The van der Waals surface area contributed by atoms with Crippen molar-refractivity contribution in [3.8, 4) is 0 Å². The smallest absolute Gasteiger partial charge is 0.247 e. The zero-order valence-electron chi connectivity index (χ0n) is 10.3. The average molecular weight is 213 g/mol. The Bertz CT molecular complexity index is 236. The molecule has 0 saturated carbocycles. The summed E-state index contributed by atoms with van der Waals surface area (Å²) in [6.45, 7) is 7.88. The van der Waals surface area contributed by atoms with Crippen molar-refractivity contribution < 1.29 is 9.90 Å². The topological polar surface area (TPSA) is 49.3 Å². The molecule has 1 amide bonds. The lowest BCUT2D eigenvalue weighted by Crippen LogP contribution is -2.46. The minimum atomic E-state index is -0.297. The molecule has 15 heavy (non-hydrogen) atoms. The van der Waals surface area contributed by atoms with Crippen LogP contribution in [0.15, 0.2) is 11.6 Å². The van der Waals surface area contributed by atoms with Crippen molar-refractivity contribution in [3.05, 3.63) is 11.6 Å². The van der Waals surface area contributed by atoms with Gasteiger partial charge in [0.25, 0.3) is 0 Å². The Balaban J connectivity index is 4.42. The molecule has 1 unspecified atom stereocenters. The molecule has 0 radical (unpaired) electrons. The highest BCUT2D eigenvalue weighted by molar-refractivity contribution is 5.93. The maximum Gasteiger partial charge on any atom is 0.247 e. The van der Waals surface area contributed by atoms with Crippen molar-refractivity contribution in [1.29, 1.82) is 0 Å². The summed E-state index contributed by atoms with van der Waals surface area (Å²) in [5.74, 6) is -0.0327. The first-order chi connectivity index (χ1) is 6.99. The summed E-state index contributed by atoms with van der Waals surface area (Å²) in [4.78, 5) is 11.7. The van der Waals surface area contributed by atoms with Crippen LogP contribution in [-0.2, 0) is 4.79 Å². The number of allylic oxidation sites excluding steroid dienone is 1. The summed E-state index contributed by atoms with van der Waals surface area (Å²) in [7, 11) is 0. The first kappa shape index (κ1) is 14.2. The van der Waals surface area contributed by atoms with Gasteiger partial charge in [-0.3, -0.25) is 4.79 Å². The van der Waals surface area contributed by atoms with Gasteiger partial charge in [-0.1, -0.05) is 19.9 Å². The normalized spacial score (nSPS) is 15.9. The van der Waals surface area contributed by atoms with Gasteiger partial charge in [-0.05, 0) is 33.1 Å². The van der Waals surface area contributed by atoms with Gasteiger partial charge in [0.2, 0.25) is 5.91 Å². The van der Waals surface area contributed by atoms with Crippen LogP contribution in [0.25, 0.3) is 0 Å². The van der Waals surface area contributed by atoms with Crippen molar-refractivity contribution in [2.24, 2.45) is 0 Å². The maximum absolute atomic E-state index is 11.7. The molecular formula is C12H23NO2. The van der Waals surface area contributed by atoms with Crippen molar-refractivity contribution in [2.45, 2.75) is 52.5 Å². The van der Waals surface area contributed by atoms with Gasteiger partial charge in [-0.25, -0.2) is 0 Å². The van der Waals surface area contributed by atoms with Gasteiger partial charge >= 0.3 is 0 Å². The first-order valence-corrected chi connectivity index (χ1v) is 5.59. The zero-order chi connectivity index (χ0) is 11.9. The number of rotatable bonds is 6. The second-order valence-electron chi connectivity index (χ2n) is 4.14. The Kier molecular flexibility index (Phi) is 6.25. The zero-order valence-corrected chi connectivity index (χ0v) is 10.3. The number of hydrogen-bond donors (Lipinski definition) is 2. The monoisotopic (exact) mass is 213 g/mol. The van der Waals surface area contributed by atoms with Crippen LogP contribution >= 0.6 is 0 Å². The average Bonchev–Trinajstić information content (AvgIpc) is 2.18. The molecule has 3 heteroatoms. The van der Waals surface area contributed by atoms with Gasteiger partial charge < -0.3 is 10.4 Å². The number of hydrogen-bond acceptors (Lipinski definition) is 2. The molecule has 2 N–H and O–H groups in total. The third kappa shape index (κ3) is 4.98. The second-order valence-corrected chi connectivity index (χ2v) is 4.14. The van der Waals surface area contributed by atoms with Gasteiger partial charge in [0.05, 0.1) is 0 Å². The lowest BCUT2D eigenvalue weighted by molar-refractivity contribution is -0.119. The number of carbonyl (C=O) groups is 1. The molecule has 0 aliphatic heterocycles. The number of carbonyl (C=O) groups excluding carboxylic acids is 1. The van der Waals surface area contributed by atoms with Crippen molar-refractivity contribution in [3.63, 3.8) is 0 Å². The van der Waals surface area contributed by atoms with Crippen molar-refractivity contribution in [2.75, 3.05) is 6.61 Å². The van der Waals surface area contributed by atoms with E-state index in [1.54, 1.807) is 0 Å². The van der Waals surface area contributed by atoms with E-state index in [-0.39, 0.29) is 18.1 Å². The Morgan fingerprint density at radius 2 is 2.07 bits per heavy atom. The van der Waals surface area contributed by atoms with Crippen LogP contribution in [-0.4, -0.2) is 23.2 Å². The van der Waals surface area contributed by atoms with Crippen LogP contribution in [0.5, 0.6) is 0 Å². The Morgan fingerprint density at radius 1 is 1.47 bits per heavy atom. The standard InChI is InChI=1S/C12H23NO2/c1-5-7-10(3)11(15)13-12(4,6-2)8-9-14/h7,14H,5-6,8-9H2,1-4H3,(H,13,15)/b10-7-. The highest BCUT2D eigenvalue weighted by Crippen LogP contribution is 2.14. The van der Waals surface area contributed by atoms with E-state index in [2.05, 4.69) is 5.32 Å². The molecule has 3 nitrogen and oxygen atoms in total. The Labute approximate surface area is 92.6 Å². The highest BCUT2D eigenvalue weighted by atomic mass is 16.3. The Morgan fingerprint density at radius 3 is 2.47 bits per heavy atom. The van der Waals surface area contributed by atoms with Crippen molar-refractivity contribution in [1.82, 2.24) is 5.32 Å². The van der Waals surface area contributed by atoms with E-state index >= 15 is 0 Å². The molecular weight excluding hydrogens is 190 g/mol. The molecule has 0 bridgehead atoms. The van der Waals surface area contributed by atoms with Crippen LogP contribution in [0.4, 0.5) is 0 Å². The summed E-state index contributed by atoms with van der Waals surface area (Å²) in [6, 6.07) is 0. The summed E-state index contributed by atoms with van der Waals surface area (Å²) in [6.07, 6.45) is 4.18. The molecule has 0 saturated heterocycles. The fraction of sp³-hybridized carbons (Fsp3) is 0.750. The number of aliphatic hydroxyl groups is 1. The first-order valence-electron chi connectivity index (χ1n) is 5.59. The third-order valence-electron chi connectivity index (χ3n) is 2.73. The molecule has 0 aromatic carbocycles. The molecule has 0 fully saturated rings. The SMILES string of the molecule is CC/C=C(/C)C(=O)NC(C)(CC)CCO. The second kappa shape index (κ2) is 6.62. The maximum atomic E-state index is 11.7. The van der Waals surface area contributed by atoms with E-state index < -0.39 is 0 Å². The van der Waals surface area contributed by atoms with Gasteiger partial charge in [-0.15, -0.1) is 0 Å². The highest BCUT2D eigenvalue weighted by Gasteiger charge is 2.23. The van der Waals surface area contributed by atoms with Crippen LogP contribution in [0.1, 0.15) is 47.0 Å². The van der Waals surface area contributed by atoms with Crippen LogP contribution < -0.4 is 5.32 Å². The third-order valence-corrected chi connectivity index (χ3v) is 2.73. The summed E-state index contributed by atoms with van der Waals surface area (Å²) in [5, 5.41) is 11.9. The lowest BCUT2D eigenvalue weighted by Gasteiger charge is -2.29. The molecule has 1 atom stereocenters. The molecule has 0 aromatic heterocycles. The number of nitrogens with one attached hydrogen (secondary N) is 1.